The highest BCUT2D eigenvalue weighted by Gasteiger charge is 2.34. The lowest BCUT2D eigenvalue weighted by Gasteiger charge is -2.22. The van der Waals surface area contributed by atoms with Crippen LogP contribution in [0.4, 0.5) is 0 Å². The molecule has 1 aromatic heterocycles. The molecule has 2 heterocycles. The van der Waals surface area contributed by atoms with Crippen LogP contribution in [0.5, 0.6) is 0 Å². The number of hydrogen-bond donors (Lipinski definition) is 0. The number of nitrogens with zero attached hydrogens (tertiary/aromatic N) is 3. The van der Waals surface area contributed by atoms with Gasteiger partial charge in [-0.1, -0.05) is 6.92 Å². The highest BCUT2D eigenvalue weighted by atomic mass is 79.9. The molecule has 19 heavy (non-hydrogen) atoms. The quantitative estimate of drug-likeness (QED) is 0.852. The second-order valence-electron chi connectivity index (χ2n) is 5.55. The molecule has 1 aromatic rings. The summed E-state index contributed by atoms with van der Waals surface area (Å²) in [5.74, 6) is 0.663. The zero-order valence-electron chi connectivity index (χ0n) is 12.1. The van der Waals surface area contributed by atoms with Gasteiger partial charge >= 0.3 is 0 Å². The minimum Gasteiger partial charge on any atom is -0.343 e. The lowest BCUT2D eigenvalue weighted by molar-refractivity contribution is 0.0771. The Morgan fingerprint density at radius 3 is 2.68 bits per heavy atom. The van der Waals surface area contributed by atoms with E-state index in [1.807, 2.05) is 21.7 Å². The van der Waals surface area contributed by atoms with E-state index in [9.17, 15) is 4.79 Å². The van der Waals surface area contributed by atoms with Crippen molar-refractivity contribution in [3.63, 3.8) is 0 Å². The maximum Gasteiger partial charge on any atom is 0.270 e. The predicted octanol–water partition coefficient (Wildman–Crippen LogP) is 2.29. The van der Waals surface area contributed by atoms with Crippen LogP contribution in [-0.2, 0) is 6.54 Å². The van der Waals surface area contributed by atoms with Crippen LogP contribution in [0.2, 0.25) is 0 Å². The van der Waals surface area contributed by atoms with Gasteiger partial charge in [-0.05, 0) is 48.9 Å². The number of carbonyl (C=O) groups is 1. The fraction of sp³-hybridized carbons (Fsp3) is 0.643. The summed E-state index contributed by atoms with van der Waals surface area (Å²) in [5.41, 5.74) is 0.779. The van der Waals surface area contributed by atoms with Crippen LogP contribution in [0.25, 0.3) is 0 Å². The lowest BCUT2D eigenvalue weighted by atomic mass is 10.1. The highest BCUT2D eigenvalue weighted by Crippen LogP contribution is 2.23. The van der Waals surface area contributed by atoms with E-state index in [0.717, 1.165) is 29.8 Å². The monoisotopic (exact) mass is 327 g/mol. The van der Waals surface area contributed by atoms with Gasteiger partial charge in [0.1, 0.15) is 5.69 Å². The van der Waals surface area contributed by atoms with Crippen molar-refractivity contribution in [2.45, 2.75) is 26.4 Å². The first-order valence-corrected chi connectivity index (χ1v) is 7.54. The molecule has 1 fully saturated rings. The fourth-order valence-electron chi connectivity index (χ4n) is 2.87. The van der Waals surface area contributed by atoms with Crippen LogP contribution in [0, 0.1) is 5.92 Å². The van der Waals surface area contributed by atoms with Gasteiger partial charge < -0.3 is 14.4 Å². The number of halogens is 1. The first-order chi connectivity index (χ1) is 8.93. The van der Waals surface area contributed by atoms with Crippen molar-refractivity contribution < 1.29 is 4.79 Å². The molecule has 1 saturated heterocycles. The van der Waals surface area contributed by atoms with Gasteiger partial charge in [-0.3, -0.25) is 4.79 Å². The Kier molecular flexibility index (Phi) is 4.36. The topological polar surface area (TPSA) is 28.5 Å². The maximum absolute atomic E-state index is 12.6. The first-order valence-electron chi connectivity index (χ1n) is 6.75. The first kappa shape index (κ1) is 14.6. The summed E-state index contributed by atoms with van der Waals surface area (Å²) in [6.45, 7) is 6.74. The van der Waals surface area contributed by atoms with Gasteiger partial charge in [0.2, 0.25) is 0 Å². The van der Waals surface area contributed by atoms with Gasteiger partial charge in [0.15, 0.2) is 0 Å². The Labute approximate surface area is 123 Å². The molecule has 1 aliphatic heterocycles. The van der Waals surface area contributed by atoms with E-state index < -0.39 is 0 Å². The molecule has 0 spiro atoms. The standard InChI is InChI=1S/C14H22BrN3O/c1-5-17-8-11(15)6-12(17)14(19)18-7-10(2)13(9-18)16(3)4/h6,8,10,13H,5,7,9H2,1-4H3. The molecule has 0 saturated carbocycles. The van der Waals surface area contributed by atoms with Crippen LogP contribution in [0.3, 0.4) is 0 Å². The van der Waals surface area contributed by atoms with E-state index in [2.05, 4.69) is 48.8 Å². The van der Waals surface area contributed by atoms with Crippen molar-refractivity contribution in [2.24, 2.45) is 5.92 Å². The Morgan fingerprint density at radius 2 is 2.16 bits per heavy atom. The molecule has 0 radical (unpaired) electrons. The Balaban J connectivity index is 2.17. The van der Waals surface area contributed by atoms with Gasteiger partial charge in [-0.15, -0.1) is 0 Å². The molecule has 0 aromatic carbocycles. The average Bonchev–Trinajstić information content (AvgIpc) is 2.91. The third-order valence-electron chi connectivity index (χ3n) is 3.95. The minimum atomic E-state index is 0.142. The molecule has 1 aliphatic rings. The maximum atomic E-state index is 12.6. The van der Waals surface area contributed by atoms with Crippen molar-refractivity contribution in [1.29, 1.82) is 0 Å². The smallest absolute Gasteiger partial charge is 0.270 e. The van der Waals surface area contributed by atoms with Crippen molar-refractivity contribution in [2.75, 3.05) is 27.2 Å². The number of likely N-dealkylation sites (N-methyl/N-ethyl adjacent to an activating group) is 1. The summed E-state index contributed by atoms with van der Waals surface area (Å²) in [5, 5.41) is 0. The molecule has 2 unspecified atom stereocenters. The third kappa shape index (κ3) is 2.87. The number of carbonyl (C=O) groups excluding carboxylic acids is 1. The lowest BCUT2D eigenvalue weighted by Crippen LogP contribution is -2.36. The summed E-state index contributed by atoms with van der Waals surface area (Å²) in [6.07, 6.45) is 1.97. The number of rotatable bonds is 3. The van der Waals surface area contributed by atoms with E-state index in [0.29, 0.717) is 12.0 Å². The van der Waals surface area contributed by atoms with Crippen LogP contribution < -0.4 is 0 Å². The van der Waals surface area contributed by atoms with Gasteiger partial charge in [0.05, 0.1) is 0 Å². The number of likely N-dealkylation sites (tertiary alicyclic amines) is 1. The molecule has 0 N–H and O–H groups in total. The van der Waals surface area contributed by atoms with E-state index in [1.165, 1.54) is 0 Å². The largest absolute Gasteiger partial charge is 0.343 e. The molecule has 106 valence electrons. The fourth-order valence-corrected chi connectivity index (χ4v) is 3.33. The number of aromatic nitrogens is 1. The van der Waals surface area contributed by atoms with Crippen molar-refractivity contribution in [3.8, 4) is 0 Å². The predicted molar refractivity (Wildman–Crippen MR) is 80.3 cm³/mol. The number of amides is 1. The van der Waals surface area contributed by atoms with E-state index in [4.69, 9.17) is 0 Å². The van der Waals surface area contributed by atoms with Crippen LogP contribution >= 0.6 is 15.9 Å². The highest BCUT2D eigenvalue weighted by molar-refractivity contribution is 9.10. The van der Waals surface area contributed by atoms with Crippen molar-refractivity contribution >= 4 is 21.8 Å². The summed E-state index contributed by atoms with van der Waals surface area (Å²) in [6, 6.07) is 2.37. The Bertz CT molecular complexity index is 469. The molecule has 0 bridgehead atoms. The number of hydrogen-bond acceptors (Lipinski definition) is 2. The normalized spacial score (nSPS) is 23.4. The van der Waals surface area contributed by atoms with Gasteiger partial charge in [0, 0.05) is 36.3 Å². The van der Waals surface area contributed by atoms with E-state index >= 15 is 0 Å². The van der Waals surface area contributed by atoms with Crippen LogP contribution in [0.1, 0.15) is 24.3 Å². The molecule has 4 nitrogen and oxygen atoms in total. The summed E-state index contributed by atoms with van der Waals surface area (Å²) >= 11 is 3.45. The summed E-state index contributed by atoms with van der Waals surface area (Å²) < 4.78 is 2.97. The molecule has 1 amide bonds. The van der Waals surface area contributed by atoms with Crippen LogP contribution in [-0.4, -0.2) is 53.5 Å². The minimum absolute atomic E-state index is 0.142. The Morgan fingerprint density at radius 1 is 1.47 bits per heavy atom. The molecule has 2 atom stereocenters. The Hall–Kier alpha value is -0.810. The SMILES string of the molecule is CCn1cc(Br)cc1C(=O)N1CC(C)C(N(C)C)C1. The average molecular weight is 328 g/mol. The number of aryl methyl sites for hydroxylation is 1. The van der Waals surface area contributed by atoms with Gasteiger partial charge in [0.25, 0.3) is 5.91 Å². The molecular formula is C14H22BrN3O. The molecule has 0 aliphatic carbocycles. The summed E-state index contributed by atoms with van der Waals surface area (Å²) in [4.78, 5) is 16.8. The molecule has 5 heteroatoms. The van der Waals surface area contributed by atoms with Crippen molar-refractivity contribution in [1.82, 2.24) is 14.4 Å². The molecule has 2 rings (SSSR count). The van der Waals surface area contributed by atoms with Gasteiger partial charge in [-0.25, -0.2) is 0 Å². The third-order valence-corrected chi connectivity index (χ3v) is 4.38. The zero-order chi connectivity index (χ0) is 14.2. The zero-order valence-corrected chi connectivity index (χ0v) is 13.6. The second kappa shape index (κ2) is 5.67. The second-order valence-corrected chi connectivity index (χ2v) is 6.46. The van der Waals surface area contributed by atoms with E-state index in [1.54, 1.807) is 0 Å². The van der Waals surface area contributed by atoms with Crippen molar-refractivity contribution in [3.05, 3.63) is 22.4 Å². The van der Waals surface area contributed by atoms with Gasteiger partial charge in [-0.2, -0.15) is 0 Å². The van der Waals surface area contributed by atoms with E-state index in [-0.39, 0.29) is 5.91 Å². The summed E-state index contributed by atoms with van der Waals surface area (Å²) in [7, 11) is 4.17. The molecular weight excluding hydrogens is 306 g/mol. The van der Waals surface area contributed by atoms with Crippen LogP contribution in [0.15, 0.2) is 16.7 Å².